The molecule has 2 aromatic heterocycles. The second kappa shape index (κ2) is 10.7. The maximum atomic E-state index is 14.9. The van der Waals surface area contributed by atoms with Gasteiger partial charge in [-0.15, -0.1) is 5.10 Å². The van der Waals surface area contributed by atoms with Crippen LogP contribution >= 0.6 is 0 Å². The highest BCUT2D eigenvalue weighted by Gasteiger charge is 2.47. The van der Waals surface area contributed by atoms with Crippen molar-refractivity contribution in [3.8, 4) is 0 Å². The number of nitrogens with zero attached hydrogens (tertiary/aromatic N) is 4. The number of carbonyl (C=O) groups is 2. The molecule has 3 heterocycles. The Balaban J connectivity index is 1.37. The topological polar surface area (TPSA) is 104 Å². The van der Waals surface area contributed by atoms with Crippen molar-refractivity contribution in [1.29, 1.82) is 0 Å². The van der Waals surface area contributed by atoms with Crippen LogP contribution in [0.1, 0.15) is 59.4 Å². The molecule has 2 aliphatic rings. The number of hydrogen-bond acceptors (Lipinski definition) is 5. The van der Waals surface area contributed by atoms with Crippen molar-refractivity contribution in [3.05, 3.63) is 76.6 Å². The van der Waals surface area contributed by atoms with Gasteiger partial charge < -0.3 is 10.2 Å². The molecule has 2 fully saturated rings. The zero-order chi connectivity index (χ0) is 29.5. The van der Waals surface area contributed by atoms with E-state index >= 15 is 0 Å². The number of benzene rings is 1. The first-order chi connectivity index (χ1) is 19.3. The number of halogens is 7. The molecule has 3 atom stereocenters. The number of aromatic amines is 1. The molecule has 3 unspecified atom stereocenters. The second-order valence-electron chi connectivity index (χ2n) is 10.1. The zero-order valence-corrected chi connectivity index (χ0v) is 21.1. The summed E-state index contributed by atoms with van der Waals surface area (Å²) < 4.78 is 95.5. The van der Waals surface area contributed by atoms with E-state index < -0.39 is 97.7 Å². The van der Waals surface area contributed by atoms with Crippen LogP contribution < -0.4 is 5.32 Å². The molecule has 41 heavy (non-hydrogen) atoms. The van der Waals surface area contributed by atoms with E-state index in [0.29, 0.717) is 5.56 Å². The molecule has 5 rings (SSSR count). The van der Waals surface area contributed by atoms with Crippen LogP contribution in [0.15, 0.2) is 42.5 Å². The second-order valence-corrected chi connectivity index (χ2v) is 10.1. The van der Waals surface area contributed by atoms with Gasteiger partial charge in [-0.1, -0.05) is 41.6 Å². The molecule has 1 aliphatic heterocycles. The summed E-state index contributed by atoms with van der Waals surface area (Å²) in [6.07, 6.45) is -8.77. The minimum atomic E-state index is -4.88. The maximum Gasteiger partial charge on any atom is 0.437 e. The number of hydrogen-bond donors (Lipinski definition) is 2. The Hall–Kier alpha value is -4.04. The first-order valence-corrected chi connectivity index (χ1v) is 12.6. The van der Waals surface area contributed by atoms with Crippen LogP contribution in [0.3, 0.4) is 0 Å². The molecule has 1 aliphatic carbocycles. The van der Waals surface area contributed by atoms with Gasteiger partial charge in [0, 0.05) is 24.8 Å². The fraction of sp³-hybridized carbons (Fsp3) is 0.423. The largest absolute Gasteiger partial charge is 0.437 e. The molecule has 15 heteroatoms. The molecule has 3 aromatic rings. The Morgan fingerprint density at radius 1 is 1.12 bits per heavy atom. The van der Waals surface area contributed by atoms with Gasteiger partial charge in [0.1, 0.15) is 12.2 Å². The van der Waals surface area contributed by atoms with E-state index in [9.17, 15) is 40.3 Å². The highest BCUT2D eigenvalue weighted by atomic mass is 19.4. The van der Waals surface area contributed by atoms with Gasteiger partial charge in [0.15, 0.2) is 5.69 Å². The number of alkyl halides is 6. The fourth-order valence-electron chi connectivity index (χ4n) is 5.18. The van der Waals surface area contributed by atoms with Crippen LogP contribution in [0, 0.1) is 5.95 Å². The summed E-state index contributed by atoms with van der Waals surface area (Å²) in [5.74, 6) is -6.32. The van der Waals surface area contributed by atoms with Crippen molar-refractivity contribution in [1.82, 2.24) is 30.6 Å². The summed E-state index contributed by atoms with van der Waals surface area (Å²) in [6.45, 7) is -0.524. The Morgan fingerprint density at radius 2 is 1.83 bits per heavy atom. The molecule has 0 bridgehead atoms. The van der Waals surface area contributed by atoms with Crippen LogP contribution in [0.5, 0.6) is 0 Å². The number of aromatic nitrogens is 4. The highest BCUT2D eigenvalue weighted by molar-refractivity contribution is 5.89. The third-order valence-corrected chi connectivity index (χ3v) is 7.23. The van der Waals surface area contributed by atoms with E-state index in [1.165, 1.54) is 12.1 Å². The van der Waals surface area contributed by atoms with Gasteiger partial charge in [-0.3, -0.25) is 14.7 Å². The molecular weight excluding hydrogens is 561 g/mol. The van der Waals surface area contributed by atoms with Crippen molar-refractivity contribution in [3.63, 3.8) is 0 Å². The van der Waals surface area contributed by atoms with Crippen molar-refractivity contribution in [2.45, 2.75) is 62.0 Å². The first-order valence-electron chi connectivity index (χ1n) is 12.6. The number of carbonyl (C=O) groups excluding carboxylic acids is 2. The van der Waals surface area contributed by atoms with Gasteiger partial charge in [-0.25, -0.2) is 18.2 Å². The molecule has 1 aromatic carbocycles. The molecule has 1 saturated carbocycles. The lowest BCUT2D eigenvalue weighted by atomic mass is 9.77. The summed E-state index contributed by atoms with van der Waals surface area (Å²) in [5, 5.41) is 10.7. The number of nitrogens with one attached hydrogen (secondary N) is 2. The van der Waals surface area contributed by atoms with Crippen LogP contribution in [-0.4, -0.2) is 61.8 Å². The normalized spacial score (nSPS) is 21.4. The third-order valence-electron chi connectivity index (χ3n) is 7.23. The van der Waals surface area contributed by atoms with E-state index in [0.717, 1.165) is 4.90 Å². The molecular formula is C26H23F7N6O2. The lowest BCUT2D eigenvalue weighted by molar-refractivity contribution is -0.143. The molecule has 0 radical (unpaired) electrons. The number of rotatable bonds is 7. The zero-order valence-electron chi connectivity index (χ0n) is 21.1. The van der Waals surface area contributed by atoms with E-state index in [2.05, 4.69) is 20.6 Å². The summed E-state index contributed by atoms with van der Waals surface area (Å²) >= 11 is 0. The number of likely N-dealkylation sites (tertiary alicyclic amines) is 1. The number of pyridine rings is 1. The molecule has 0 spiro atoms. The van der Waals surface area contributed by atoms with Crippen LogP contribution in [0.4, 0.5) is 30.7 Å². The lowest BCUT2D eigenvalue weighted by Gasteiger charge is -2.35. The maximum absolute atomic E-state index is 14.9. The van der Waals surface area contributed by atoms with Gasteiger partial charge in [0.2, 0.25) is 23.7 Å². The minimum absolute atomic E-state index is 0.0252. The molecule has 218 valence electrons. The van der Waals surface area contributed by atoms with Crippen LogP contribution in [0.25, 0.3) is 0 Å². The molecule has 2 N–H and O–H groups in total. The number of amides is 2. The van der Waals surface area contributed by atoms with Gasteiger partial charge >= 0.3 is 6.18 Å². The quantitative estimate of drug-likeness (QED) is 0.319. The van der Waals surface area contributed by atoms with Gasteiger partial charge in [0.05, 0.1) is 30.4 Å². The van der Waals surface area contributed by atoms with Crippen molar-refractivity contribution in [2.75, 3.05) is 6.54 Å². The van der Waals surface area contributed by atoms with E-state index in [1.807, 2.05) is 5.10 Å². The summed E-state index contributed by atoms with van der Waals surface area (Å²) in [7, 11) is 0. The highest BCUT2D eigenvalue weighted by Crippen LogP contribution is 2.48. The summed E-state index contributed by atoms with van der Waals surface area (Å²) in [5.41, 5.74) is -1.51. The van der Waals surface area contributed by atoms with Crippen molar-refractivity contribution in [2.24, 2.45) is 0 Å². The summed E-state index contributed by atoms with van der Waals surface area (Å²) in [6, 6.07) is 8.50. The van der Waals surface area contributed by atoms with E-state index in [-0.39, 0.29) is 11.3 Å². The molecule has 1 saturated heterocycles. The van der Waals surface area contributed by atoms with Gasteiger partial charge in [-0.05, 0) is 17.5 Å². The monoisotopic (exact) mass is 584 g/mol. The fourth-order valence-corrected chi connectivity index (χ4v) is 5.18. The Morgan fingerprint density at radius 3 is 2.46 bits per heavy atom. The SMILES string of the molecule is O=C(NC(c1ccccc1)c1ccc(C2CC(F)(F)C2)c(F)n1)C1CC(F)CN1C(=O)Cc1[nH]nnc1C(F)(F)F. The average molecular weight is 584 g/mol. The van der Waals surface area contributed by atoms with Crippen molar-refractivity contribution >= 4 is 11.8 Å². The first kappa shape index (κ1) is 28.5. The lowest BCUT2D eigenvalue weighted by Crippen LogP contribution is -2.47. The van der Waals surface area contributed by atoms with Gasteiger partial charge in [-0.2, -0.15) is 17.6 Å². The Bertz CT molecular complexity index is 1420. The smallest absolute Gasteiger partial charge is 0.342 e. The average Bonchev–Trinajstić information content (AvgIpc) is 3.53. The minimum Gasteiger partial charge on any atom is -0.342 e. The van der Waals surface area contributed by atoms with Crippen LogP contribution in [0.2, 0.25) is 0 Å². The van der Waals surface area contributed by atoms with Gasteiger partial charge in [0.25, 0.3) is 0 Å². The summed E-state index contributed by atoms with van der Waals surface area (Å²) in [4.78, 5) is 31.1. The Labute approximate surface area is 228 Å². The molecule has 8 nitrogen and oxygen atoms in total. The standard InChI is InChI=1S/C26H23F7N6O2/c27-15-8-19(39(12-15)20(40)9-18-22(26(31,32)33)37-38-36-18)24(41)35-21(13-4-2-1-3-5-13)17-7-6-16(23(28)34-17)14-10-25(29,30)11-14/h1-7,14-15,19,21H,8-12H2,(H,35,41)(H,36,37,38). The number of H-pyrrole nitrogens is 1. The van der Waals surface area contributed by atoms with E-state index in [4.69, 9.17) is 0 Å². The third kappa shape index (κ3) is 6.03. The predicted molar refractivity (Wildman–Crippen MR) is 128 cm³/mol. The van der Waals surface area contributed by atoms with Crippen molar-refractivity contribution < 1.29 is 40.3 Å². The molecule has 2 amide bonds. The van der Waals surface area contributed by atoms with Crippen LogP contribution in [-0.2, 0) is 22.2 Å². The van der Waals surface area contributed by atoms with E-state index in [1.54, 1.807) is 30.3 Å². The Kier molecular flexibility index (Phi) is 7.46. The predicted octanol–water partition coefficient (Wildman–Crippen LogP) is 4.26.